The van der Waals surface area contributed by atoms with Gasteiger partial charge in [0.15, 0.2) is 0 Å². The molecule has 0 aliphatic rings. The van der Waals surface area contributed by atoms with E-state index in [1.807, 2.05) is 6.20 Å². The van der Waals surface area contributed by atoms with Crippen molar-refractivity contribution in [2.75, 3.05) is 6.61 Å². The van der Waals surface area contributed by atoms with Crippen LogP contribution in [-0.4, -0.2) is 17.6 Å². The van der Waals surface area contributed by atoms with Gasteiger partial charge in [-0.2, -0.15) is 0 Å². The van der Waals surface area contributed by atoms with Gasteiger partial charge in [0.25, 0.3) is 0 Å². The molecular formula is C14H26N2OS. The van der Waals surface area contributed by atoms with E-state index in [2.05, 4.69) is 44.9 Å². The lowest BCUT2D eigenvalue weighted by Gasteiger charge is -2.29. The van der Waals surface area contributed by atoms with Gasteiger partial charge in [0.05, 0.1) is 0 Å². The number of thiazole rings is 1. The zero-order chi connectivity index (χ0) is 13.6. The molecule has 1 aromatic rings. The first kappa shape index (κ1) is 15.6. The lowest BCUT2D eigenvalue weighted by Crippen LogP contribution is -2.28. The van der Waals surface area contributed by atoms with E-state index >= 15 is 0 Å². The minimum Gasteiger partial charge on any atom is -0.368 e. The Morgan fingerprint density at radius 3 is 2.50 bits per heavy atom. The third kappa shape index (κ3) is 3.77. The van der Waals surface area contributed by atoms with Crippen molar-refractivity contribution >= 4 is 11.3 Å². The van der Waals surface area contributed by atoms with E-state index in [4.69, 9.17) is 4.74 Å². The Hall–Kier alpha value is -0.450. The van der Waals surface area contributed by atoms with Gasteiger partial charge in [0.1, 0.15) is 10.6 Å². The first-order chi connectivity index (χ1) is 8.57. The molecule has 0 saturated heterocycles. The van der Waals surface area contributed by atoms with Crippen molar-refractivity contribution in [1.82, 2.24) is 10.3 Å². The number of aromatic nitrogens is 1. The largest absolute Gasteiger partial charge is 0.368 e. The fraction of sp³-hybridized carbons (Fsp3) is 0.786. The Morgan fingerprint density at radius 2 is 2.00 bits per heavy atom. The third-order valence-electron chi connectivity index (χ3n) is 3.19. The molecule has 4 heteroatoms. The zero-order valence-electron chi connectivity index (χ0n) is 12.2. The Bertz CT molecular complexity index is 345. The van der Waals surface area contributed by atoms with Gasteiger partial charge in [-0.15, -0.1) is 11.3 Å². The van der Waals surface area contributed by atoms with E-state index in [-0.39, 0.29) is 5.60 Å². The first-order valence-electron chi connectivity index (χ1n) is 6.90. The Labute approximate surface area is 115 Å². The highest BCUT2D eigenvalue weighted by molar-refractivity contribution is 7.11. The molecule has 0 aliphatic heterocycles. The van der Waals surface area contributed by atoms with Crippen molar-refractivity contribution in [2.24, 2.45) is 0 Å². The van der Waals surface area contributed by atoms with Crippen LogP contribution in [0, 0.1) is 0 Å². The topological polar surface area (TPSA) is 34.1 Å². The smallest absolute Gasteiger partial charge is 0.125 e. The van der Waals surface area contributed by atoms with E-state index < -0.39 is 0 Å². The molecule has 0 aromatic carbocycles. The first-order valence-corrected chi connectivity index (χ1v) is 7.72. The third-order valence-corrected chi connectivity index (χ3v) is 4.37. The van der Waals surface area contributed by atoms with Crippen LogP contribution in [-0.2, 0) is 16.9 Å². The SMILES string of the molecule is CCOC(CC)(CC)c1ncc(CNC(C)C)s1. The summed E-state index contributed by atoms with van der Waals surface area (Å²) in [6.07, 6.45) is 3.93. The average molecular weight is 270 g/mol. The summed E-state index contributed by atoms with van der Waals surface area (Å²) < 4.78 is 5.98. The van der Waals surface area contributed by atoms with E-state index in [1.165, 1.54) is 4.88 Å². The summed E-state index contributed by atoms with van der Waals surface area (Å²) in [5, 5.41) is 4.54. The van der Waals surface area contributed by atoms with Crippen LogP contribution < -0.4 is 5.32 Å². The van der Waals surface area contributed by atoms with E-state index in [9.17, 15) is 0 Å². The predicted octanol–water partition coefficient (Wildman–Crippen LogP) is 3.69. The number of nitrogens with one attached hydrogen (secondary N) is 1. The molecule has 0 bridgehead atoms. The second-order valence-corrected chi connectivity index (χ2v) is 5.92. The maximum absolute atomic E-state index is 5.98. The minimum atomic E-state index is -0.185. The molecular weight excluding hydrogens is 244 g/mol. The lowest BCUT2D eigenvalue weighted by molar-refractivity contribution is -0.0506. The highest BCUT2D eigenvalue weighted by Gasteiger charge is 2.32. The molecule has 104 valence electrons. The Morgan fingerprint density at radius 1 is 1.33 bits per heavy atom. The van der Waals surface area contributed by atoms with Crippen molar-refractivity contribution in [3.8, 4) is 0 Å². The summed E-state index contributed by atoms with van der Waals surface area (Å²) in [5.74, 6) is 0. The monoisotopic (exact) mass is 270 g/mol. The fourth-order valence-corrected chi connectivity index (χ4v) is 3.15. The van der Waals surface area contributed by atoms with Crippen LogP contribution in [0.25, 0.3) is 0 Å². The number of rotatable bonds is 8. The molecule has 18 heavy (non-hydrogen) atoms. The summed E-state index contributed by atoms with van der Waals surface area (Å²) >= 11 is 1.77. The molecule has 1 rings (SSSR count). The summed E-state index contributed by atoms with van der Waals surface area (Å²) in [5.41, 5.74) is -0.185. The van der Waals surface area contributed by atoms with Crippen LogP contribution in [0.2, 0.25) is 0 Å². The van der Waals surface area contributed by atoms with Gasteiger partial charge in [-0.25, -0.2) is 4.98 Å². The van der Waals surface area contributed by atoms with Crippen molar-refractivity contribution in [3.63, 3.8) is 0 Å². The van der Waals surface area contributed by atoms with Gasteiger partial charge in [-0.3, -0.25) is 0 Å². The fourth-order valence-electron chi connectivity index (χ4n) is 2.00. The maximum Gasteiger partial charge on any atom is 0.125 e. The van der Waals surface area contributed by atoms with Crippen molar-refractivity contribution in [2.45, 2.75) is 65.6 Å². The molecule has 0 amide bonds. The van der Waals surface area contributed by atoms with Crippen molar-refractivity contribution in [3.05, 3.63) is 16.1 Å². The minimum absolute atomic E-state index is 0.185. The standard InChI is InChI=1S/C14H26N2OS/c1-6-14(7-2,17-8-3)13-16-10-12(18-13)9-15-11(4)5/h10-11,15H,6-9H2,1-5H3. The van der Waals surface area contributed by atoms with Gasteiger partial charge in [0, 0.05) is 30.3 Å². The Balaban J connectivity index is 2.80. The molecule has 0 saturated carbocycles. The van der Waals surface area contributed by atoms with Gasteiger partial charge in [0.2, 0.25) is 0 Å². The van der Waals surface area contributed by atoms with Gasteiger partial charge in [-0.05, 0) is 19.8 Å². The molecule has 0 unspecified atom stereocenters. The molecule has 3 nitrogen and oxygen atoms in total. The van der Waals surface area contributed by atoms with Crippen molar-refractivity contribution < 1.29 is 4.74 Å². The molecule has 0 radical (unpaired) electrons. The molecule has 0 fully saturated rings. The van der Waals surface area contributed by atoms with E-state index in [1.54, 1.807) is 11.3 Å². The molecule has 1 N–H and O–H groups in total. The van der Waals surface area contributed by atoms with E-state index in [0.717, 1.165) is 31.0 Å². The van der Waals surface area contributed by atoms with Crippen LogP contribution >= 0.6 is 11.3 Å². The maximum atomic E-state index is 5.98. The average Bonchev–Trinajstić information content (AvgIpc) is 2.83. The second-order valence-electron chi connectivity index (χ2n) is 4.80. The molecule has 1 heterocycles. The summed E-state index contributed by atoms with van der Waals surface area (Å²) in [4.78, 5) is 5.86. The summed E-state index contributed by atoms with van der Waals surface area (Å²) in [7, 11) is 0. The number of ether oxygens (including phenoxy) is 1. The molecule has 0 spiro atoms. The Kier molecular flexibility index (Phi) is 6.26. The quantitative estimate of drug-likeness (QED) is 0.782. The number of hydrogen-bond acceptors (Lipinski definition) is 4. The molecule has 1 aromatic heterocycles. The van der Waals surface area contributed by atoms with Crippen LogP contribution in [0.15, 0.2) is 6.20 Å². The lowest BCUT2D eigenvalue weighted by atomic mass is 9.98. The normalized spacial score (nSPS) is 12.3. The second kappa shape index (κ2) is 7.22. The number of nitrogens with zero attached hydrogens (tertiary/aromatic N) is 1. The predicted molar refractivity (Wildman–Crippen MR) is 78.0 cm³/mol. The van der Waals surface area contributed by atoms with Crippen LogP contribution in [0.3, 0.4) is 0 Å². The van der Waals surface area contributed by atoms with Crippen LogP contribution in [0.1, 0.15) is 57.3 Å². The summed E-state index contributed by atoms with van der Waals surface area (Å²) in [6, 6.07) is 0.504. The van der Waals surface area contributed by atoms with Crippen LogP contribution in [0.5, 0.6) is 0 Å². The summed E-state index contributed by atoms with van der Waals surface area (Å²) in [6.45, 7) is 12.3. The van der Waals surface area contributed by atoms with Gasteiger partial charge < -0.3 is 10.1 Å². The highest BCUT2D eigenvalue weighted by Crippen LogP contribution is 2.35. The van der Waals surface area contributed by atoms with Gasteiger partial charge in [-0.1, -0.05) is 27.7 Å². The molecule has 0 atom stereocenters. The van der Waals surface area contributed by atoms with Crippen molar-refractivity contribution in [1.29, 1.82) is 0 Å². The molecule has 0 aliphatic carbocycles. The zero-order valence-corrected chi connectivity index (χ0v) is 13.1. The number of hydrogen-bond donors (Lipinski definition) is 1. The van der Waals surface area contributed by atoms with Gasteiger partial charge >= 0.3 is 0 Å². The van der Waals surface area contributed by atoms with E-state index in [0.29, 0.717) is 6.04 Å². The highest BCUT2D eigenvalue weighted by atomic mass is 32.1. The van der Waals surface area contributed by atoms with Crippen LogP contribution in [0.4, 0.5) is 0 Å².